The molecule has 3 aromatic rings. The van der Waals surface area contributed by atoms with Crippen LogP contribution in [0.4, 0.5) is 9.59 Å². The number of nitrogens with one attached hydrogen (secondary N) is 2. The van der Waals surface area contributed by atoms with Crippen LogP contribution in [-0.4, -0.2) is 141 Å². The maximum Gasteiger partial charge on any atom is 0.408 e. The van der Waals surface area contributed by atoms with Gasteiger partial charge in [-0.05, 0) is 95.6 Å². The number of hydrogen-bond acceptors (Lipinski definition) is 20. The van der Waals surface area contributed by atoms with Crippen molar-refractivity contribution in [1.29, 1.82) is 0 Å². The summed E-state index contributed by atoms with van der Waals surface area (Å²) in [6.45, 7) is 25.3. The Morgan fingerprint density at radius 3 is 1.10 bits per heavy atom. The highest BCUT2D eigenvalue weighted by atomic mass is 79.9. The number of benzene rings is 3. The summed E-state index contributed by atoms with van der Waals surface area (Å²) < 4.78 is 35.1. The van der Waals surface area contributed by atoms with Crippen LogP contribution in [0.2, 0.25) is 0 Å². The third-order valence-corrected chi connectivity index (χ3v) is 10.3. The lowest BCUT2D eigenvalue weighted by atomic mass is 10.1. The lowest BCUT2D eigenvalue weighted by Gasteiger charge is -2.24. The third-order valence-electron chi connectivity index (χ3n) is 9.37. The first-order chi connectivity index (χ1) is 41.4. The summed E-state index contributed by atoms with van der Waals surface area (Å²) in [4.78, 5) is 144. The molecule has 8 N–H and O–H groups in total. The van der Waals surface area contributed by atoms with Crippen molar-refractivity contribution in [2.24, 2.45) is 0 Å². The third kappa shape index (κ3) is 56.4. The number of alkyl halides is 1. The fourth-order valence-corrected chi connectivity index (χ4v) is 6.22. The molecular formula is C63H92Br3N3O23. The minimum Gasteiger partial charge on any atom is -1.00 e. The van der Waals surface area contributed by atoms with E-state index in [-0.39, 0.29) is 121 Å². The van der Waals surface area contributed by atoms with E-state index in [1.54, 1.807) is 130 Å². The second-order valence-electron chi connectivity index (χ2n) is 22.7. The summed E-state index contributed by atoms with van der Waals surface area (Å²) in [6.07, 6.45) is -4.79. The molecule has 3 atom stereocenters. The molecule has 0 saturated heterocycles. The molecule has 0 aliphatic heterocycles. The predicted molar refractivity (Wildman–Crippen MR) is 341 cm³/mol. The summed E-state index contributed by atoms with van der Waals surface area (Å²) in [5.41, 5.74) is 2.68. The zero-order valence-corrected chi connectivity index (χ0v) is 59.7. The number of carbonyl (C=O) groups excluding carboxylic acids is 10. The first-order valence-corrected chi connectivity index (χ1v) is 29.0. The summed E-state index contributed by atoms with van der Waals surface area (Å²) >= 11 is 3.33. The van der Waals surface area contributed by atoms with Crippen LogP contribution < -0.4 is 33.3 Å². The molecular weight excluding hydrogens is 1410 g/mol. The predicted octanol–water partition coefficient (Wildman–Crippen LogP) is 6.08. The highest BCUT2D eigenvalue weighted by molar-refractivity contribution is 9.09. The number of halogens is 3. The average Bonchev–Trinajstić information content (AvgIpc) is 0.930. The van der Waals surface area contributed by atoms with Crippen LogP contribution in [0.1, 0.15) is 176 Å². The van der Waals surface area contributed by atoms with Gasteiger partial charge in [0.25, 0.3) is 5.97 Å². The van der Waals surface area contributed by atoms with Gasteiger partial charge in [0.1, 0.15) is 33.8 Å². The van der Waals surface area contributed by atoms with Gasteiger partial charge in [0, 0.05) is 44.2 Å². The Hall–Kier alpha value is -7.63. The van der Waals surface area contributed by atoms with Crippen molar-refractivity contribution in [1.82, 2.24) is 10.6 Å². The van der Waals surface area contributed by atoms with Gasteiger partial charge in [-0.1, -0.05) is 107 Å². The van der Waals surface area contributed by atoms with Gasteiger partial charge >= 0.3 is 54.0 Å². The van der Waals surface area contributed by atoms with Crippen LogP contribution in [-0.2, 0) is 85.9 Å². The molecule has 0 aliphatic carbocycles. The highest BCUT2D eigenvalue weighted by Gasteiger charge is 2.31. The molecule has 0 spiro atoms. The number of ketones is 3. The number of esters is 5. The molecule has 0 fully saturated rings. The number of hydrogen-bond donors (Lipinski definition) is 6. The molecule has 0 bridgehead atoms. The minimum absolute atomic E-state index is 0. The van der Waals surface area contributed by atoms with Crippen LogP contribution in [0.5, 0.6) is 0 Å². The fraction of sp³-hybridized carbons (Fsp3) is 0.508. The number of quaternary nitrogens is 1. The van der Waals surface area contributed by atoms with Gasteiger partial charge in [0.15, 0.2) is 17.3 Å². The number of carbonyl (C=O) groups is 13. The number of rotatable bonds is 23. The van der Waals surface area contributed by atoms with Crippen molar-refractivity contribution in [2.45, 2.75) is 182 Å². The summed E-state index contributed by atoms with van der Waals surface area (Å²) in [7, 11) is 0. The fourth-order valence-electron chi connectivity index (χ4n) is 5.82. The first kappa shape index (κ1) is 93.1. The van der Waals surface area contributed by atoms with Crippen molar-refractivity contribution >= 4 is 110 Å². The van der Waals surface area contributed by atoms with Crippen LogP contribution in [0.25, 0.3) is 0 Å². The van der Waals surface area contributed by atoms with Gasteiger partial charge in [-0.3, -0.25) is 43.2 Å². The SMILES string of the molecule is Br.CC(=O)O.CC(C)(C)OC(=O)C(Br)c1ccccc1.CC(C)(C)OC(=O)NCC(=O)CCC(=O)O.CC(C)(C)OC(=O)NCC(=O)CCC(=O)OC(C(=O)OC(C)(C)C)c1ccccc1.CCOC(C)=O.[Br-].[NH3+]CC(=O)CCC(=O)OC(C(=O)O)c1ccccc1. The van der Waals surface area contributed by atoms with Gasteiger partial charge < -0.3 is 81.8 Å². The molecule has 92 heavy (non-hydrogen) atoms. The Labute approximate surface area is 567 Å². The zero-order chi connectivity index (χ0) is 70.0. The lowest BCUT2D eigenvalue weighted by Crippen LogP contribution is -3.00. The normalized spacial score (nSPS) is 11.3. The van der Waals surface area contributed by atoms with Gasteiger partial charge in [-0.25, -0.2) is 19.2 Å². The molecule has 29 heteroatoms. The Kier molecular flexibility index (Phi) is 49.6. The van der Waals surface area contributed by atoms with Gasteiger partial charge in [-0.2, -0.15) is 0 Å². The number of Topliss-reactive ketones (excluding diaryl/α,β-unsaturated/α-hetero) is 3. The van der Waals surface area contributed by atoms with Crippen LogP contribution >= 0.6 is 32.9 Å². The van der Waals surface area contributed by atoms with Crippen molar-refractivity contribution < 1.29 is 134 Å². The monoisotopic (exact) mass is 1500 g/mol. The van der Waals surface area contributed by atoms with E-state index in [1.807, 2.05) is 51.1 Å². The van der Waals surface area contributed by atoms with E-state index in [1.165, 1.54) is 6.92 Å². The molecule has 0 aliphatic rings. The maximum absolute atomic E-state index is 12.5. The molecule has 0 saturated carbocycles. The van der Waals surface area contributed by atoms with Crippen LogP contribution in [0, 0.1) is 0 Å². The smallest absolute Gasteiger partial charge is 0.408 e. The van der Waals surface area contributed by atoms with Crippen molar-refractivity contribution in [3.63, 3.8) is 0 Å². The Balaban J connectivity index is -0.000000356. The van der Waals surface area contributed by atoms with Gasteiger partial charge in [0.2, 0.25) is 12.2 Å². The number of alkyl carbamates (subject to hydrolysis) is 2. The maximum atomic E-state index is 12.5. The van der Waals surface area contributed by atoms with Gasteiger partial charge in [-0.15, -0.1) is 17.0 Å². The second kappa shape index (κ2) is 49.1. The topological polar surface area (TPSA) is 399 Å². The molecule has 0 aromatic heterocycles. The van der Waals surface area contributed by atoms with E-state index in [9.17, 15) is 57.5 Å². The lowest BCUT2D eigenvalue weighted by molar-refractivity contribution is -0.354. The molecule has 3 aromatic carbocycles. The number of amides is 2. The van der Waals surface area contributed by atoms with E-state index >= 15 is 0 Å². The van der Waals surface area contributed by atoms with E-state index < -0.39 is 87.4 Å². The number of carboxylic acid groups (broad SMARTS) is 3. The molecule has 0 heterocycles. The Morgan fingerprint density at radius 2 is 0.793 bits per heavy atom. The summed E-state index contributed by atoms with van der Waals surface area (Å²) in [6, 6.07) is 26.2. The molecule has 3 rings (SSSR count). The highest BCUT2D eigenvalue weighted by Crippen LogP contribution is 2.27. The number of carboxylic acids is 3. The van der Waals surface area contributed by atoms with Gasteiger partial charge in [0.05, 0.1) is 39.0 Å². The Bertz CT molecular complexity index is 2740. The minimum atomic E-state index is -1.34. The van der Waals surface area contributed by atoms with E-state index in [0.717, 1.165) is 12.5 Å². The van der Waals surface area contributed by atoms with Crippen molar-refractivity contribution in [2.75, 3.05) is 26.2 Å². The molecule has 0 radical (unpaired) electrons. The second-order valence-corrected chi connectivity index (χ2v) is 23.6. The Morgan fingerprint density at radius 1 is 0.478 bits per heavy atom. The zero-order valence-electron chi connectivity index (χ0n) is 54.8. The molecule has 26 nitrogen and oxygen atoms in total. The van der Waals surface area contributed by atoms with E-state index in [4.69, 9.17) is 48.5 Å². The molecule has 3 unspecified atom stereocenters. The van der Waals surface area contributed by atoms with E-state index in [2.05, 4.69) is 37.0 Å². The van der Waals surface area contributed by atoms with Crippen LogP contribution in [0.15, 0.2) is 91.0 Å². The number of ether oxygens (including phenoxy) is 7. The molecule has 2 amide bonds. The largest absolute Gasteiger partial charge is 1.00 e. The van der Waals surface area contributed by atoms with Crippen LogP contribution in [0.3, 0.4) is 0 Å². The van der Waals surface area contributed by atoms with Crippen molar-refractivity contribution in [3.8, 4) is 0 Å². The summed E-state index contributed by atoms with van der Waals surface area (Å²) in [5.74, 6) is -6.58. The quantitative estimate of drug-likeness (QED) is 0.0355. The summed E-state index contributed by atoms with van der Waals surface area (Å²) in [5, 5.41) is 29.4. The van der Waals surface area contributed by atoms with E-state index in [0.29, 0.717) is 17.7 Å². The average molecular weight is 1500 g/mol. The van der Waals surface area contributed by atoms with Crippen molar-refractivity contribution in [3.05, 3.63) is 108 Å². The molecule has 518 valence electrons. The number of aliphatic carboxylic acids is 3. The first-order valence-electron chi connectivity index (χ1n) is 28.1. The standard InChI is InChI=1S/C22H31NO7.C13H15NO5.C12H15BrO2.C10H17NO5.C4H8O2.C2H4O2.2BrH/c1-21(2,3)29-19(26)18(15-10-8-7-9-11-15)28-17(25)13-12-16(24)14-23-20(27)30-22(4,5)6;14-8-10(15)6-7-11(16)19-12(13(17)18)9-4-2-1-3-5-9;1-12(2,3)15-11(14)10(13)9-7-5-4-6-8-9;1-10(2,3)16-9(15)11-6-7(12)4-5-8(13)14;1-3-6-4(2)5;1-2(3)4;;/h7-11,18H,12-14H2,1-6H3,(H,23,27);1-5,12H,6-8,14H2,(H,17,18);4-8,10H,1-3H3;4-6H2,1-3H3,(H,11,15)(H,13,14);3H2,1-2H3;1H3,(H,3,4);2*1H.